The van der Waals surface area contributed by atoms with Gasteiger partial charge in [0.2, 0.25) is 4.90 Å². The molecule has 0 bridgehead atoms. The van der Waals surface area contributed by atoms with Crippen molar-refractivity contribution >= 4 is 40.5 Å². The van der Waals surface area contributed by atoms with Crippen LogP contribution in [0.4, 0.5) is 11.5 Å². The maximum absolute atomic E-state index is 12.0. The number of anilines is 2. The Balaban J connectivity index is 2.47. The highest BCUT2D eigenvalue weighted by atomic mass is 32.2. The van der Waals surface area contributed by atoms with Crippen molar-refractivity contribution in [2.45, 2.75) is 10.1 Å². The highest BCUT2D eigenvalue weighted by Crippen LogP contribution is 2.29. The Bertz CT molecular complexity index is 842. The Morgan fingerprint density at radius 1 is 1.48 bits per heavy atom. The SMILES string of the molecule is CN[S+]([O-])c1ccc(Nc2nc(SC)[nH]c(=O)c2C(N)=O)cc1OC. The normalized spacial score (nSPS) is 11.8. The van der Waals surface area contributed by atoms with Crippen LogP contribution in [0.5, 0.6) is 5.75 Å². The fraction of sp³-hybridized carbons (Fsp3) is 0.214. The zero-order valence-corrected chi connectivity index (χ0v) is 15.3. The minimum atomic E-state index is -1.43. The van der Waals surface area contributed by atoms with Crippen molar-refractivity contribution in [3.63, 3.8) is 0 Å². The van der Waals surface area contributed by atoms with Crippen LogP contribution in [0.15, 0.2) is 33.0 Å². The van der Waals surface area contributed by atoms with E-state index in [4.69, 9.17) is 10.5 Å². The first-order valence-electron chi connectivity index (χ1n) is 6.93. The third-order valence-corrected chi connectivity index (χ3v) is 4.84. The molecule has 1 heterocycles. The van der Waals surface area contributed by atoms with Crippen LogP contribution in [0.2, 0.25) is 0 Å². The van der Waals surface area contributed by atoms with Crippen LogP contribution in [-0.2, 0) is 11.4 Å². The minimum Gasteiger partial charge on any atom is -0.593 e. The summed E-state index contributed by atoms with van der Waals surface area (Å²) < 4.78 is 19.8. The van der Waals surface area contributed by atoms with Gasteiger partial charge in [0.15, 0.2) is 16.7 Å². The molecular weight excluding hydrogens is 366 g/mol. The number of hydrogen-bond donors (Lipinski definition) is 4. The number of rotatable bonds is 7. The van der Waals surface area contributed by atoms with E-state index in [2.05, 4.69) is 20.0 Å². The predicted octanol–water partition coefficient (Wildman–Crippen LogP) is 0.585. The number of aromatic amines is 1. The van der Waals surface area contributed by atoms with Gasteiger partial charge in [-0.3, -0.25) is 9.59 Å². The molecule has 0 aliphatic carbocycles. The molecule has 0 aliphatic heterocycles. The molecule has 9 nitrogen and oxygen atoms in total. The second kappa shape index (κ2) is 8.25. The molecule has 1 aromatic carbocycles. The molecule has 134 valence electrons. The van der Waals surface area contributed by atoms with Crippen LogP contribution in [-0.4, -0.2) is 40.8 Å². The number of methoxy groups -OCH3 is 1. The Hall–Kier alpha value is -2.21. The highest BCUT2D eigenvalue weighted by Gasteiger charge is 2.19. The Morgan fingerprint density at radius 3 is 2.76 bits per heavy atom. The maximum Gasteiger partial charge on any atom is 0.266 e. The molecule has 0 aliphatic rings. The summed E-state index contributed by atoms with van der Waals surface area (Å²) >= 11 is -0.215. The van der Waals surface area contributed by atoms with E-state index in [0.29, 0.717) is 21.5 Å². The first kappa shape index (κ1) is 19.1. The van der Waals surface area contributed by atoms with Gasteiger partial charge in [0, 0.05) is 24.9 Å². The maximum atomic E-state index is 12.0. The number of thioether (sulfide) groups is 1. The molecule has 0 spiro atoms. The summed E-state index contributed by atoms with van der Waals surface area (Å²) in [5, 5.41) is 3.21. The summed E-state index contributed by atoms with van der Waals surface area (Å²) in [5.74, 6) is -0.498. The van der Waals surface area contributed by atoms with Crippen molar-refractivity contribution < 1.29 is 14.1 Å². The average molecular weight is 383 g/mol. The number of carbonyl (C=O) groups is 1. The molecule has 0 radical (unpaired) electrons. The minimum absolute atomic E-state index is 0.0325. The molecular formula is C14H17N5O4S2. The molecule has 2 rings (SSSR count). The number of H-pyrrole nitrogens is 1. The largest absolute Gasteiger partial charge is 0.593 e. The summed E-state index contributed by atoms with van der Waals surface area (Å²) in [4.78, 5) is 30.7. The Kier molecular flexibility index (Phi) is 6.31. The van der Waals surface area contributed by atoms with E-state index in [-0.39, 0.29) is 11.4 Å². The summed E-state index contributed by atoms with van der Waals surface area (Å²) in [6, 6.07) is 4.80. The van der Waals surface area contributed by atoms with Crippen molar-refractivity contribution in [1.29, 1.82) is 0 Å². The third-order valence-electron chi connectivity index (χ3n) is 3.15. The van der Waals surface area contributed by atoms with Crippen LogP contribution in [0, 0.1) is 0 Å². The van der Waals surface area contributed by atoms with Crippen molar-refractivity contribution in [2.24, 2.45) is 5.73 Å². The van der Waals surface area contributed by atoms with Gasteiger partial charge < -0.3 is 25.3 Å². The molecule has 0 saturated carbocycles. The number of benzene rings is 1. The zero-order chi connectivity index (χ0) is 18.6. The summed E-state index contributed by atoms with van der Waals surface area (Å²) in [7, 11) is 3.01. The first-order valence-corrected chi connectivity index (χ1v) is 9.31. The number of nitrogens with two attached hydrogens (primary N) is 1. The molecule has 0 saturated heterocycles. The molecule has 11 heteroatoms. The summed E-state index contributed by atoms with van der Waals surface area (Å²) in [6.45, 7) is 0. The van der Waals surface area contributed by atoms with Gasteiger partial charge in [-0.05, 0) is 12.3 Å². The van der Waals surface area contributed by atoms with E-state index in [0.717, 1.165) is 0 Å². The predicted molar refractivity (Wildman–Crippen MR) is 96.9 cm³/mol. The summed E-state index contributed by atoms with van der Waals surface area (Å²) in [5.41, 5.74) is 4.86. The van der Waals surface area contributed by atoms with Crippen LogP contribution in [0.25, 0.3) is 0 Å². The molecule has 1 amide bonds. The van der Waals surface area contributed by atoms with Gasteiger partial charge >= 0.3 is 0 Å². The fourth-order valence-electron chi connectivity index (χ4n) is 2.01. The Labute approximate surface area is 151 Å². The molecule has 25 heavy (non-hydrogen) atoms. The number of amides is 1. The van der Waals surface area contributed by atoms with E-state index < -0.39 is 22.8 Å². The molecule has 1 aromatic heterocycles. The van der Waals surface area contributed by atoms with Gasteiger partial charge in [-0.2, -0.15) is 0 Å². The molecule has 5 N–H and O–H groups in total. The van der Waals surface area contributed by atoms with E-state index >= 15 is 0 Å². The number of primary amides is 1. The van der Waals surface area contributed by atoms with Crippen molar-refractivity contribution in [3.05, 3.63) is 34.1 Å². The van der Waals surface area contributed by atoms with E-state index in [1.807, 2.05) is 0 Å². The smallest absolute Gasteiger partial charge is 0.266 e. The Morgan fingerprint density at radius 2 is 2.20 bits per heavy atom. The van der Waals surface area contributed by atoms with E-state index in [1.165, 1.54) is 18.9 Å². The standard InChI is InChI=1S/C14H17N5O4S2/c1-16-25(22)9-5-4-7(6-8(9)23-2)17-12-10(11(15)20)13(21)19-14(18-12)24-3/h4-6,16H,1-3H3,(H2,15,20)(H2,17,18,19,21). The molecule has 1 atom stereocenters. The van der Waals surface area contributed by atoms with Gasteiger partial charge in [0.1, 0.15) is 5.56 Å². The van der Waals surface area contributed by atoms with E-state index in [9.17, 15) is 14.1 Å². The zero-order valence-electron chi connectivity index (χ0n) is 13.7. The molecule has 2 aromatic rings. The lowest BCUT2D eigenvalue weighted by Gasteiger charge is -2.14. The number of carbonyl (C=O) groups excluding carboxylic acids is 1. The van der Waals surface area contributed by atoms with Crippen LogP contribution >= 0.6 is 11.8 Å². The topological polar surface area (TPSA) is 145 Å². The monoisotopic (exact) mass is 383 g/mol. The lowest BCUT2D eigenvalue weighted by atomic mass is 10.2. The fourth-order valence-corrected chi connectivity index (χ4v) is 3.13. The number of nitrogens with one attached hydrogen (secondary N) is 3. The average Bonchev–Trinajstić information content (AvgIpc) is 2.59. The quantitative estimate of drug-likeness (QED) is 0.309. The lowest BCUT2D eigenvalue weighted by molar-refractivity contribution is 0.0999. The van der Waals surface area contributed by atoms with Gasteiger partial charge in [-0.1, -0.05) is 11.8 Å². The molecule has 1 unspecified atom stereocenters. The summed E-state index contributed by atoms with van der Waals surface area (Å²) in [6.07, 6.45) is 1.73. The lowest BCUT2D eigenvalue weighted by Crippen LogP contribution is -2.26. The van der Waals surface area contributed by atoms with Gasteiger partial charge in [0.25, 0.3) is 11.5 Å². The first-order chi connectivity index (χ1) is 11.9. The third kappa shape index (κ3) is 4.25. The van der Waals surface area contributed by atoms with Crippen LogP contribution in [0.3, 0.4) is 0 Å². The van der Waals surface area contributed by atoms with Crippen molar-refractivity contribution in [3.8, 4) is 5.75 Å². The van der Waals surface area contributed by atoms with Crippen LogP contribution in [0.1, 0.15) is 10.4 Å². The van der Waals surface area contributed by atoms with Crippen LogP contribution < -0.4 is 26.1 Å². The second-order valence-corrected chi connectivity index (χ2v) is 6.81. The second-order valence-electron chi connectivity index (χ2n) is 4.63. The highest BCUT2D eigenvalue weighted by molar-refractivity contribution is 7.98. The molecule has 0 fully saturated rings. The number of ether oxygens (including phenoxy) is 1. The van der Waals surface area contributed by atoms with Gasteiger partial charge in [-0.25, -0.2) is 4.98 Å². The van der Waals surface area contributed by atoms with Crippen molar-refractivity contribution in [1.82, 2.24) is 14.7 Å². The number of nitrogens with zero attached hydrogens (tertiary/aromatic N) is 1. The van der Waals surface area contributed by atoms with Crippen molar-refractivity contribution in [2.75, 3.05) is 25.7 Å². The van der Waals surface area contributed by atoms with Gasteiger partial charge in [-0.15, -0.1) is 4.72 Å². The van der Waals surface area contributed by atoms with Gasteiger partial charge in [0.05, 0.1) is 18.5 Å². The number of hydrogen-bond acceptors (Lipinski definition) is 8. The number of aromatic nitrogens is 2. The van der Waals surface area contributed by atoms with E-state index in [1.54, 1.807) is 31.5 Å².